The number of sulfonamides is 1. The average Bonchev–Trinajstić information content (AvgIpc) is 2.58. The first-order chi connectivity index (χ1) is 12.2. The van der Waals surface area contributed by atoms with Crippen LogP contribution in [0.15, 0.2) is 23.1 Å². The van der Waals surface area contributed by atoms with Crippen molar-refractivity contribution in [2.24, 2.45) is 0 Å². The zero-order valence-electron chi connectivity index (χ0n) is 15.2. The van der Waals surface area contributed by atoms with Crippen LogP contribution in [-0.2, 0) is 32.5 Å². The lowest BCUT2D eigenvalue weighted by atomic mass is 9.92. The van der Waals surface area contributed by atoms with Gasteiger partial charge in [-0.25, -0.2) is 13.1 Å². The van der Waals surface area contributed by atoms with Gasteiger partial charge in [-0.1, -0.05) is 6.07 Å². The number of fused-ring (bicyclic) bond motifs is 1. The number of carbonyl (C=O) groups excluding carboxylic acids is 1. The van der Waals surface area contributed by atoms with E-state index >= 15 is 0 Å². The van der Waals surface area contributed by atoms with Crippen molar-refractivity contribution in [3.8, 4) is 0 Å². The minimum atomic E-state index is -3.70. The second kappa shape index (κ2) is 8.64. The van der Waals surface area contributed by atoms with Gasteiger partial charge in [-0.05, 0) is 62.8 Å². The molecule has 1 aromatic rings. The standard InChI is InChI=1S/C18H26N2O5S/c1-13(2)20(12-18(22)23)17(21)9-10-19-26(24,25)16-8-7-14-5-3-4-6-15(14)11-16/h7-8,11,13,19H,3-6,9-10,12H2,1-2H3,(H,22,23). The van der Waals surface area contributed by atoms with E-state index in [0.717, 1.165) is 31.2 Å². The molecule has 1 amide bonds. The molecule has 0 aromatic heterocycles. The van der Waals surface area contributed by atoms with Crippen LogP contribution in [0.4, 0.5) is 0 Å². The number of nitrogens with one attached hydrogen (secondary N) is 1. The fraction of sp³-hybridized carbons (Fsp3) is 0.556. The van der Waals surface area contributed by atoms with Crippen molar-refractivity contribution in [1.29, 1.82) is 0 Å². The Kier molecular flexibility index (Phi) is 6.77. The molecule has 0 fully saturated rings. The number of aryl methyl sites for hydroxylation is 2. The smallest absolute Gasteiger partial charge is 0.323 e. The third-order valence-corrected chi connectivity index (χ3v) is 5.97. The number of rotatable bonds is 8. The number of aliphatic carboxylic acids is 1. The maximum atomic E-state index is 12.5. The highest BCUT2D eigenvalue weighted by atomic mass is 32.2. The Morgan fingerprint density at radius 3 is 2.46 bits per heavy atom. The van der Waals surface area contributed by atoms with Crippen LogP contribution < -0.4 is 4.72 Å². The molecule has 2 N–H and O–H groups in total. The second-order valence-electron chi connectivity index (χ2n) is 6.79. The van der Waals surface area contributed by atoms with Gasteiger partial charge in [0, 0.05) is 19.0 Å². The van der Waals surface area contributed by atoms with Crippen LogP contribution in [0, 0.1) is 0 Å². The van der Waals surface area contributed by atoms with Gasteiger partial charge in [0.1, 0.15) is 6.54 Å². The summed E-state index contributed by atoms with van der Waals surface area (Å²) in [6.45, 7) is 2.98. The molecule has 0 aliphatic heterocycles. The number of hydrogen-bond acceptors (Lipinski definition) is 4. The van der Waals surface area contributed by atoms with Gasteiger partial charge >= 0.3 is 5.97 Å². The topological polar surface area (TPSA) is 104 Å². The summed E-state index contributed by atoms with van der Waals surface area (Å²) in [6, 6.07) is 4.90. The summed E-state index contributed by atoms with van der Waals surface area (Å²) in [4.78, 5) is 24.4. The average molecular weight is 382 g/mol. The maximum Gasteiger partial charge on any atom is 0.323 e. The molecule has 0 bridgehead atoms. The van der Waals surface area contributed by atoms with E-state index in [-0.39, 0.29) is 23.9 Å². The Balaban J connectivity index is 1.97. The molecule has 8 heteroatoms. The predicted molar refractivity (Wildman–Crippen MR) is 97.4 cm³/mol. The minimum absolute atomic E-state index is 0.0684. The molecular weight excluding hydrogens is 356 g/mol. The molecule has 7 nitrogen and oxygen atoms in total. The molecule has 1 aromatic carbocycles. The Hall–Kier alpha value is -1.93. The van der Waals surface area contributed by atoms with E-state index in [1.165, 1.54) is 10.5 Å². The van der Waals surface area contributed by atoms with Crippen molar-refractivity contribution in [2.75, 3.05) is 13.1 Å². The number of benzene rings is 1. The number of carbonyl (C=O) groups is 2. The molecule has 0 saturated carbocycles. The third-order valence-electron chi connectivity index (χ3n) is 4.51. The van der Waals surface area contributed by atoms with Crippen LogP contribution in [0.3, 0.4) is 0 Å². The molecule has 0 spiro atoms. The summed E-state index contributed by atoms with van der Waals surface area (Å²) in [5, 5.41) is 8.88. The summed E-state index contributed by atoms with van der Waals surface area (Å²) in [6.07, 6.45) is 3.97. The van der Waals surface area contributed by atoms with E-state index in [0.29, 0.717) is 0 Å². The van der Waals surface area contributed by atoms with Crippen LogP contribution in [0.5, 0.6) is 0 Å². The molecule has 2 rings (SSSR count). The first-order valence-electron chi connectivity index (χ1n) is 8.83. The van der Waals surface area contributed by atoms with E-state index < -0.39 is 28.4 Å². The number of carboxylic acids is 1. The molecule has 0 saturated heterocycles. The predicted octanol–water partition coefficient (Wildman–Crippen LogP) is 1.56. The first kappa shape index (κ1) is 20.4. The van der Waals surface area contributed by atoms with Crippen molar-refractivity contribution < 1.29 is 23.1 Å². The van der Waals surface area contributed by atoms with Crippen LogP contribution >= 0.6 is 0 Å². The zero-order chi connectivity index (χ0) is 19.3. The van der Waals surface area contributed by atoms with E-state index in [2.05, 4.69) is 4.72 Å². The monoisotopic (exact) mass is 382 g/mol. The van der Waals surface area contributed by atoms with Crippen LogP contribution in [0.2, 0.25) is 0 Å². The first-order valence-corrected chi connectivity index (χ1v) is 10.3. The Labute approximate surface area is 154 Å². The lowest BCUT2D eigenvalue weighted by Gasteiger charge is -2.25. The number of carboxylic acid groups (broad SMARTS) is 1. The normalized spacial score (nSPS) is 14.1. The van der Waals surface area contributed by atoms with Gasteiger partial charge in [-0.15, -0.1) is 0 Å². The molecule has 1 aliphatic carbocycles. The van der Waals surface area contributed by atoms with E-state index in [1.54, 1.807) is 26.0 Å². The van der Waals surface area contributed by atoms with Crippen molar-refractivity contribution in [2.45, 2.75) is 56.9 Å². The van der Waals surface area contributed by atoms with E-state index in [9.17, 15) is 18.0 Å². The fourth-order valence-corrected chi connectivity index (χ4v) is 4.18. The van der Waals surface area contributed by atoms with Crippen molar-refractivity contribution in [3.63, 3.8) is 0 Å². The highest BCUT2D eigenvalue weighted by Crippen LogP contribution is 2.24. The lowest BCUT2D eigenvalue weighted by molar-refractivity contribution is -0.145. The van der Waals surface area contributed by atoms with E-state index in [1.807, 2.05) is 6.07 Å². The molecule has 1 aliphatic rings. The minimum Gasteiger partial charge on any atom is -0.480 e. The van der Waals surface area contributed by atoms with Gasteiger partial charge in [0.25, 0.3) is 0 Å². The molecule has 0 atom stereocenters. The number of amides is 1. The Bertz CT molecular complexity index is 774. The van der Waals surface area contributed by atoms with Gasteiger partial charge in [-0.3, -0.25) is 9.59 Å². The zero-order valence-corrected chi connectivity index (χ0v) is 16.0. The second-order valence-corrected chi connectivity index (χ2v) is 8.56. The van der Waals surface area contributed by atoms with Gasteiger partial charge in [0.2, 0.25) is 15.9 Å². The largest absolute Gasteiger partial charge is 0.480 e. The highest BCUT2D eigenvalue weighted by Gasteiger charge is 2.21. The molecule has 0 radical (unpaired) electrons. The molecule has 144 valence electrons. The SMILES string of the molecule is CC(C)N(CC(=O)O)C(=O)CCNS(=O)(=O)c1ccc2c(c1)CCCC2. The van der Waals surface area contributed by atoms with Gasteiger partial charge in [0.05, 0.1) is 4.90 Å². The third kappa shape index (κ3) is 5.28. The van der Waals surface area contributed by atoms with Crippen LogP contribution in [-0.4, -0.2) is 49.4 Å². The molecule has 0 unspecified atom stereocenters. The Morgan fingerprint density at radius 1 is 1.19 bits per heavy atom. The summed E-state index contributed by atoms with van der Waals surface area (Å²) in [7, 11) is -3.70. The van der Waals surface area contributed by atoms with Crippen molar-refractivity contribution >= 4 is 21.9 Å². The quantitative estimate of drug-likeness (QED) is 0.710. The maximum absolute atomic E-state index is 12.5. The number of hydrogen-bond donors (Lipinski definition) is 2. The van der Waals surface area contributed by atoms with Gasteiger partial charge < -0.3 is 10.0 Å². The molecule has 26 heavy (non-hydrogen) atoms. The lowest BCUT2D eigenvalue weighted by Crippen LogP contribution is -2.42. The van der Waals surface area contributed by atoms with Gasteiger partial charge in [0.15, 0.2) is 0 Å². The fourth-order valence-electron chi connectivity index (χ4n) is 3.10. The van der Waals surface area contributed by atoms with Crippen molar-refractivity contribution in [3.05, 3.63) is 29.3 Å². The summed E-state index contributed by atoms with van der Waals surface area (Å²) in [5.41, 5.74) is 2.27. The Morgan fingerprint density at radius 2 is 1.85 bits per heavy atom. The molecule has 0 heterocycles. The summed E-state index contributed by atoms with van der Waals surface area (Å²) < 4.78 is 27.3. The van der Waals surface area contributed by atoms with Crippen LogP contribution in [0.25, 0.3) is 0 Å². The van der Waals surface area contributed by atoms with Crippen LogP contribution in [0.1, 0.15) is 44.2 Å². The van der Waals surface area contributed by atoms with Crippen molar-refractivity contribution in [1.82, 2.24) is 9.62 Å². The van der Waals surface area contributed by atoms with E-state index in [4.69, 9.17) is 5.11 Å². The molecular formula is C18H26N2O5S. The number of nitrogens with zero attached hydrogens (tertiary/aromatic N) is 1. The van der Waals surface area contributed by atoms with Gasteiger partial charge in [-0.2, -0.15) is 0 Å². The highest BCUT2D eigenvalue weighted by molar-refractivity contribution is 7.89. The summed E-state index contributed by atoms with van der Waals surface area (Å²) in [5.74, 6) is -1.49. The summed E-state index contributed by atoms with van der Waals surface area (Å²) >= 11 is 0.